The summed E-state index contributed by atoms with van der Waals surface area (Å²) in [5.41, 5.74) is 0. The fourth-order valence-corrected chi connectivity index (χ4v) is 2.29. The van der Waals surface area contributed by atoms with E-state index in [2.05, 4.69) is 24.4 Å². The van der Waals surface area contributed by atoms with Gasteiger partial charge in [0.05, 0.1) is 0 Å². The molecule has 90 valence electrons. The fourth-order valence-electron chi connectivity index (χ4n) is 1.53. The predicted molar refractivity (Wildman–Crippen MR) is 67.2 cm³/mol. The van der Waals surface area contributed by atoms with Crippen LogP contribution in [0, 0.1) is 0 Å². The smallest absolute Gasteiger partial charge is 1.00 e. The largest absolute Gasteiger partial charge is 2.00 e. The van der Waals surface area contributed by atoms with E-state index in [-0.39, 0.29) is 47.9 Å². The Bertz CT molecular complexity index is 203. The second-order valence-corrected chi connectivity index (χ2v) is 4.63. The molecule has 0 amide bonds. The topological polar surface area (TPSA) is 0 Å². The molecule has 0 N–H and O–H groups in total. The summed E-state index contributed by atoms with van der Waals surface area (Å²) in [7, 11) is 0. The summed E-state index contributed by atoms with van der Waals surface area (Å²) >= 11 is 1.89. The Morgan fingerprint density at radius 3 is 2.19 bits per heavy atom. The predicted octanol–water partition coefficient (Wildman–Crippen LogP) is -1.72. The average Bonchev–Trinajstić information content (AvgIpc) is 2.63. The van der Waals surface area contributed by atoms with Crippen LogP contribution in [-0.2, 0) is 6.42 Å². The van der Waals surface area contributed by atoms with E-state index >= 15 is 0 Å². The zero-order valence-corrected chi connectivity index (χ0v) is 13.8. The van der Waals surface area contributed by atoms with E-state index in [0.717, 1.165) is 0 Å². The third-order valence-corrected chi connectivity index (χ3v) is 3.29. The van der Waals surface area contributed by atoms with Gasteiger partial charge >= 0.3 is 23.1 Å². The number of thiophene rings is 1. The first kappa shape index (κ1) is 22.2. The molecule has 0 nitrogen and oxygen atoms in total. The minimum atomic E-state index is 0. The van der Waals surface area contributed by atoms with E-state index in [9.17, 15) is 0 Å². The molecular weight excluding hydrogens is 271 g/mol. The molecule has 0 saturated carbocycles. The molecule has 0 spiro atoms. The van der Waals surface area contributed by atoms with E-state index in [1.165, 1.54) is 44.9 Å². The Morgan fingerprint density at radius 2 is 1.62 bits per heavy atom. The maximum atomic E-state index is 2.27. The van der Waals surface area contributed by atoms with Crippen molar-refractivity contribution in [2.45, 2.75) is 51.9 Å². The Hall–Kier alpha value is 1.05. The summed E-state index contributed by atoms with van der Waals surface area (Å²) in [5.74, 6) is 0. The van der Waals surface area contributed by atoms with Crippen molar-refractivity contribution in [1.29, 1.82) is 0 Å². The van der Waals surface area contributed by atoms with Gasteiger partial charge in [-0.1, -0.05) is 45.1 Å². The minimum Gasteiger partial charge on any atom is -1.00 e. The number of hydrogen-bond acceptors (Lipinski definition) is 1. The Morgan fingerprint density at radius 1 is 1.00 bits per heavy atom. The van der Waals surface area contributed by atoms with Gasteiger partial charge in [-0.25, -0.2) is 0 Å². The fraction of sp³-hybridized carbons (Fsp3) is 0.667. The van der Waals surface area contributed by atoms with Crippen molar-refractivity contribution in [3.8, 4) is 0 Å². The van der Waals surface area contributed by atoms with Crippen molar-refractivity contribution in [3.63, 3.8) is 0 Å². The molecular formula is C12H20Cl2MgS. The number of aryl methyl sites for hydroxylation is 1. The van der Waals surface area contributed by atoms with E-state index in [1.54, 1.807) is 4.88 Å². The first-order valence-electron chi connectivity index (χ1n) is 5.46. The Kier molecular flexibility index (Phi) is 22.3. The Labute approximate surface area is 133 Å². The minimum absolute atomic E-state index is 0. The van der Waals surface area contributed by atoms with Crippen LogP contribution in [0.4, 0.5) is 0 Å². The van der Waals surface area contributed by atoms with Crippen LogP contribution in [0.25, 0.3) is 0 Å². The summed E-state index contributed by atoms with van der Waals surface area (Å²) in [6, 6.07) is 4.40. The first-order chi connectivity index (χ1) is 6.43. The summed E-state index contributed by atoms with van der Waals surface area (Å²) in [4.78, 5) is 1.55. The number of unbranched alkanes of at least 4 members (excludes halogenated alkanes) is 5. The maximum absolute atomic E-state index is 2.27. The zero-order valence-electron chi connectivity index (χ0n) is 10.1. The molecule has 0 aliphatic heterocycles. The van der Waals surface area contributed by atoms with Crippen LogP contribution in [0.1, 0.15) is 50.3 Å². The second kappa shape index (κ2) is 16.0. The summed E-state index contributed by atoms with van der Waals surface area (Å²) < 4.78 is 0. The quantitative estimate of drug-likeness (QED) is 0.414. The number of hydrogen-bond donors (Lipinski definition) is 0. The molecule has 16 heavy (non-hydrogen) atoms. The van der Waals surface area contributed by atoms with Crippen molar-refractivity contribution in [3.05, 3.63) is 22.4 Å². The van der Waals surface area contributed by atoms with Crippen LogP contribution in [0.15, 0.2) is 17.5 Å². The van der Waals surface area contributed by atoms with Gasteiger partial charge in [-0.05, 0) is 24.3 Å². The second-order valence-electron chi connectivity index (χ2n) is 3.60. The van der Waals surface area contributed by atoms with Gasteiger partial charge in [0.25, 0.3) is 0 Å². The number of rotatable bonds is 7. The van der Waals surface area contributed by atoms with Crippen molar-refractivity contribution in [1.82, 2.24) is 0 Å². The summed E-state index contributed by atoms with van der Waals surface area (Å²) in [6.45, 7) is 2.27. The average molecular weight is 292 g/mol. The van der Waals surface area contributed by atoms with Gasteiger partial charge in [0.2, 0.25) is 0 Å². The SMILES string of the molecule is CCCCCCCCc1cccs1.[Cl-].[Cl-].[Mg+2]. The third kappa shape index (κ3) is 11.5. The van der Waals surface area contributed by atoms with Crippen LogP contribution < -0.4 is 24.8 Å². The normalized spacial score (nSPS) is 8.56. The summed E-state index contributed by atoms with van der Waals surface area (Å²) in [5, 5.41) is 2.17. The third-order valence-electron chi connectivity index (χ3n) is 2.36. The first-order valence-corrected chi connectivity index (χ1v) is 6.34. The van der Waals surface area contributed by atoms with Crippen molar-refractivity contribution in [2.24, 2.45) is 0 Å². The molecule has 0 aromatic carbocycles. The van der Waals surface area contributed by atoms with Gasteiger partial charge in [-0.2, -0.15) is 0 Å². The molecule has 0 aliphatic carbocycles. The van der Waals surface area contributed by atoms with Crippen molar-refractivity contribution in [2.75, 3.05) is 0 Å². The molecule has 1 heterocycles. The van der Waals surface area contributed by atoms with Crippen LogP contribution in [0.5, 0.6) is 0 Å². The van der Waals surface area contributed by atoms with Gasteiger partial charge in [0.1, 0.15) is 0 Å². The van der Waals surface area contributed by atoms with Crippen LogP contribution in [-0.4, -0.2) is 23.1 Å². The molecule has 1 aromatic rings. The zero-order chi connectivity index (χ0) is 9.36. The molecule has 0 saturated heterocycles. The van der Waals surface area contributed by atoms with Gasteiger partial charge in [0, 0.05) is 4.88 Å². The van der Waals surface area contributed by atoms with Crippen molar-refractivity contribution < 1.29 is 24.8 Å². The van der Waals surface area contributed by atoms with Crippen LogP contribution in [0.3, 0.4) is 0 Å². The molecule has 0 fully saturated rings. The molecule has 1 rings (SSSR count). The van der Waals surface area contributed by atoms with Gasteiger partial charge in [0.15, 0.2) is 0 Å². The Balaban J connectivity index is -0.000000563. The van der Waals surface area contributed by atoms with Crippen molar-refractivity contribution >= 4 is 34.4 Å². The van der Waals surface area contributed by atoms with Crippen LogP contribution >= 0.6 is 11.3 Å². The molecule has 0 aliphatic rings. The molecule has 0 unspecified atom stereocenters. The van der Waals surface area contributed by atoms with E-state index < -0.39 is 0 Å². The molecule has 1 aromatic heterocycles. The van der Waals surface area contributed by atoms with Gasteiger partial charge in [-0.3, -0.25) is 0 Å². The standard InChI is InChI=1S/C12H20S.2ClH.Mg/c1-2-3-4-5-6-7-9-12-10-8-11-13-12;;;/h8,10-11H,2-7,9H2,1H3;2*1H;/q;;;+2/p-2. The summed E-state index contributed by atoms with van der Waals surface area (Å²) in [6.07, 6.45) is 9.72. The van der Waals surface area contributed by atoms with E-state index in [0.29, 0.717) is 0 Å². The maximum Gasteiger partial charge on any atom is 2.00 e. The van der Waals surface area contributed by atoms with Gasteiger partial charge < -0.3 is 24.8 Å². The molecule has 0 atom stereocenters. The van der Waals surface area contributed by atoms with E-state index in [1.807, 2.05) is 11.3 Å². The molecule has 0 bridgehead atoms. The van der Waals surface area contributed by atoms with E-state index in [4.69, 9.17) is 0 Å². The molecule has 4 heteroatoms. The van der Waals surface area contributed by atoms with Gasteiger partial charge in [-0.15, -0.1) is 11.3 Å². The molecule has 0 radical (unpaired) electrons. The number of halogens is 2. The van der Waals surface area contributed by atoms with Crippen LogP contribution in [0.2, 0.25) is 0 Å². The monoisotopic (exact) mass is 290 g/mol.